The van der Waals surface area contributed by atoms with Crippen molar-refractivity contribution in [1.29, 1.82) is 0 Å². The Balaban J connectivity index is 0.830. The Bertz CT molecular complexity index is 1460. The van der Waals surface area contributed by atoms with Gasteiger partial charge in [-0.25, -0.2) is 0 Å². The van der Waals surface area contributed by atoms with Crippen LogP contribution in [-0.4, -0.2) is 97.3 Å². The normalized spacial score (nSPS) is 32.6. The maximum atomic E-state index is 13.5. The lowest BCUT2D eigenvalue weighted by molar-refractivity contribution is -0.158. The van der Waals surface area contributed by atoms with Gasteiger partial charge in [0, 0.05) is 17.5 Å². The minimum atomic E-state index is -0.980. The predicted molar refractivity (Wildman–Crippen MR) is 234 cm³/mol. The molecule has 0 heterocycles. The van der Waals surface area contributed by atoms with E-state index in [0.29, 0.717) is 70.4 Å². The third kappa shape index (κ3) is 15.7. The molecule has 1 amide bonds. The topological polar surface area (TPSA) is 196 Å². The second-order valence-electron chi connectivity index (χ2n) is 21.2. The summed E-state index contributed by atoms with van der Waals surface area (Å²) >= 11 is 0. The van der Waals surface area contributed by atoms with Crippen LogP contribution in [0.3, 0.4) is 0 Å². The number of nitrogens with one attached hydrogen (secondary N) is 2. The smallest absolute Gasteiger partial charge is 0.308 e. The van der Waals surface area contributed by atoms with Crippen molar-refractivity contribution < 1.29 is 58.0 Å². The molecule has 6 fully saturated rings. The number of carbonyl (C=O) groups excluding carboxylic acids is 3. The minimum Gasteiger partial charge on any atom is -0.481 e. The second-order valence-corrected chi connectivity index (χ2v) is 21.2. The average molecular weight is 889 g/mol. The lowest BCUT2D eigenvalue weighted by Crippen LogP contribution is -2.47. The molecule has 14 heteroatoms. The maximum absolute atomic E-state index is 13.5. The standard InChI is InChI=1S/C49H80N2O12/c1-49(2,30-61-39-19-15-37(16-20-39)50-44(52)43-26-35(14-24-42(43)46(55)56)48(58)60-28-33-11-7-4-8-12-33)31-62-40-21-17-38(18-22-40)51-63-29-36-25-34(13-23-41(36)45(53)54)47(57)59-27-32-9-5-3-6-10-32/h32-43,51H,3-31H2,1-2H3,(H,50,52)(H,53,54)(H,55,56). The predicted octanol–water partition coefficient (Wildman–Crippen LogP) is 7.79. The molecular formula is C49H80N2O12. The molecule has 6 aliphatic rings. The van der Waals surface area contributed by atoms with Crippen LogP contribution in [0.1, 0.15) is 168 Å². The van der Waals surface area contributed by atoms with Gasteiger partial charge in [-0.15, -0.1) is 0 Å². The molecule has 0 aromatic heterocycles. The quantitative estimate of drug-likeness (QED) is 0.0684. The molecule has 358 valence electrons. The monoisotopic (exact) mass is 889 g/mol. The Hall–Kier alpha value is -2.81. The summed E-state index contributed by atoms with van der Waals surface area (Å²) in [6.45, 7) is 6.58. The van der Waals surface area contributed by atoms with E-state index in [1.807, 2.05) is 0 Å². The number of amides is 1. The van der Waals surface area contributed by atoms with Crippen molar-refractivity contribution in [2.75, 3.05) is 33.0 Å². The maximum Gasteiger partial charge on any atom is 0.308 e. The van der Waals surface area contributed by atoms with Crippen LogP contribution in [0, 0.1) is 52.8 Å². The van der Waals surface area contributed by atoms with E-state index in [1.54, 1.807) is 0 Å². The van der Waals surface area contributed by atoms with Crippen LogP contribution in [0.5, 0.6) is 0 Å². The van der Waals surface area contributed by atoms with Gasteiger partial charge in [0.25, 0.3) is 0 Å². The molecule has 6 atom stereocenters. The van der Waals surface area contributed by atoms with E-state index in [4.69, 9.17) is 23.8 Å². The van der Waals surface area contributed by atoms with E-state index in [1.165, 1.54) is 38.5 Å². The van der Waals surface area contributed by atoms with Crippen LogP contribution >= 0.6 is 0 Å². The van der Waals surface area contributed by atoms with Crippen LogP contribution in [-0.2, 0) is 47.8 Å². The number of carbonyl (C=O) groups is 5. The van der Waals surface area contributed by atoms with Crippen molar-refractivity contribution in [3.8, 4) is 0 Å². The van der Waals surface area contributed by atoms with Gasteiger partial charge in [0.1, 0.15) is 0 Å². The lowest BCUT2D eigenvalue weighted by Gasteiger charge is -2.36. The van der Waals surface area contributed by atoms with E-state index in [0.717, 1.165) is 77.0 Å². The molecule has 63 heavy (non-hydrogen) atoms. The van der Waals surface area contributed by atoms with Gasteiger partial charge in [0.15, 0.2) is 0 Å². The zero-order chi connectivity index (χ0) is 44.8. The first-order valence-corrected chi connectivity index (χ1v) is 25.0. The zero-order valence-corrected chi connectivity index (χ0v) is 38.4. The second kappa shape index (κ2) is 24.6. The SMILES string of the molecule is CC(C)(COC1CCC(NOCC2CC(C(=O)OCC3CCCCC3)CCC2C(=O)O)CC1)COC1CCC(NC(=O)C2CC(C(=O)OCC3CCCCC3)CCC2C(=O)O)CC1. The Kier molecular flexibility index (Phi) is 19.4. The molecule has 0 saturated heterocycles. The third-order valence-corrected chi connectivity index (χ3v) is 15.5. The number of hydrogen-bond donors (Lipinski definition) is 4. The lowest BCUT2D eigenvalue weighted by atomic mass is 9.73. The molecule has 6 aliphatic carbocycles. The summed E-state index contributed by atoms with van der Waals surface area (Å²) in [6.07, 6.45) is 20.9. The first kappa shape index (κ1) is 49.6. The fourth-order valence-corrected chi connectivity index (χ4v) is 11.3. The largest absolute Gasteiger partial charge is 0.481 e. The fraction of sp³-hybridized carbons (Fsp3) is 0.898. The fourth-order valence-electron chi connectivity index (χ4n) is 11.3. The average Bonchev–Trinajstić information content (AvgIpc) is 3.29. The van der Waals surface area contributed by atoms with Gasteiger partial charge in [0.05, 0.1) is 74.8 Å². The number of ether oxygens (including phenoxy) is 4. The van der Waals surface area contributed by atoms with Crippen molar-refractivity contribution in [3.05, 3.63) is 0 Å². The number of rotatable bonds is 20. The molecule has 0 spiro atoms. The van der Waals surface area contributed by atoms with Crippen LogP contribution in [0.2, 0.25) is 0 Å². The first-order chi connectivity index (χ1) is 30.3. The van der Waals surface area contributed by atoms with Crippen LogP contribution in [0.25, 0.3) is 0 Å². The Morgan fingerprint density at radius 3 is 1.51 bits per heavy atom. The van der Waals surface area contributed by atoms with E-state index >= 15 is 0 Å². The van der Waals surface area contributed by atoms with Gasteiger partial charge >= 0.3 is 23.9 Å². The summed E-state index contributed by atoms with van der Waals surface area (Å²) in [5.74, 6) is -4.74. The van der Waals surface area contributed by atoms with Gasteiger partial charge in [-0.05, 0) is 133 Å². The molecule has 0 bridgehead atoms. The highest BCUT2D eigenvalue weighted by Gasteiger charge is 2.43. The molecule has 14 nitrogen and oxygen atoms in total. The van der Waals surface area contributed by atoms with Crippen molar-refractivity contribution in [2.24, 2.45) is 52.8 Å². The van der Waals surface area contributed by atoms with E-state index in [9.17, 15) is 34.2 Å². The molecule has 0 radical (unpaired) electrons. The highest BCUT2D eigenvalue weighted by molar-refractivity contribution is 5.86. The van der Waals surface area contributed by atoms with Crippen molar-refractivity contribution in [3.63, 3.8) is 0 Å². The van der Waals surface area contributed by atoms with Crippen LogP contribution < -0.4 is 10.8 Å². The van der Waals surface area contributed by atoms with Crippen LogP contribution in [0.4, 0.5) is 0 Å². The number of carboxylic acid groups (broad SMARTS) is 2. The number of hydroxylamine groups is 1. The van der Waals surface area contributed by atoms with E-state index in [2.05, 4.69) is 24.6 Å². The van der Waals surface area contributed by atoms with E-state index in [-0.39, 0.29) is 72.4 Å². The van der Waals surface area contributed by atoms with Gasteiger partial charge in [-0.2, -0.15) is 5.48 Å². The summed E-state index contributed by atoms with van der Waals surface area (Å²) in [4.78, 5) is 69.6. The number of aliphatic carboxylic acids is 2. The molecule has 6 saturated carbocycles. The van der Waals surface area contributed by atoms with Crippen molar-refractivity contribution >= 4 is 29.8 Å². The number of hydrogen-bond acceptors (Lipinski definition) is 11. The minimum absolute atomic E-state index is 0.0516. The summed E-state index contributed by atoms with van der Waals surface area (Å²) in [7, 11) is 0. The van der Waals surface area contributed by atoms with Crippen LogP contribution in [0.15, 0.2) is 0 Å². The number of esters is 2. The first-order valence-electron chi connectivity index (χ1n) is 25.0. The zero-order valence-electron chi connectivity index (χ0n) is 38.4. The molecule has 6 rings (SSSR count). The van der Waals surface area contributed by atoms with Gasteiger partial charge in [-0.1, -0.05) is 52.4 Å². The van der Waals surface area contributed by atoms with Gasteiger partial charge in [0.2, 0.25) is 5.91 Å². The summed E-state index contributed by atoms with van der Waals surface area (Å²) in [6, 6.07) is 0.103. The van der Waals surface area contributed by atoms with E-state index < -0.39 is 35.6 Å². The molecular weight excluding hydrogens is 809 g/mol. The summed E-state index contributed by atoms with van der Waals surface area (Å²) in [5, 5.41) is 23.0. The molecule has 6 unspecified atom stereocenters. The number of carboxylic acids is 2. The highest BCUT2D eigenvalue weighted by atomic mass is 16.6. The molecule has 0 aromatic rings. The molecule has 0 aromatic carbocycles. The Morgan fingerprint density at radius 2 is 1.00 bits per heavy atom. The van der Waals surface area contributed by atoms with Gasteiger partial charge < -0.3 is 39.3 Å². The Morgan fingerprint density at radius 1 is 0.524 bits per heavy atom. The van der Waals surface area contributed by atoms with Gasteiger partial charge in [-0.3, -0.25) is 24.0 Å². The third-order valence-electron chi connectivity index (χ3n) is 15.5. The molecule has 4 N–H and O–H groups in total. The summed E-state index contributed by atoms with van der Waals surface area (Å²) < 4.78 is 24.2. The Labute approximate surface area is 375 Å². The molecule has 0 aliphatic heterocycles. The summed E-state index contributed by atoms with van der Waals surface area (Å²) in [5.41, 5.74) is 3.01. The highest BCUT2D eigenvalue weighted by Crippen LogP contribution is 2.38. The van der Waals surface area contributed by atoms with Crippen molar-refractivity contribution in [1.82, 2.24) is 10.8 Å². The van der Waals surface area contributed by atoms with Crippen molar-refractivity contribution in [2.45, 2.75) is 192 Å².